The van der Waals surface area contributed by atoms with Gasteiger partial charge in [0.05, 0.1) is 25.5 Å². The number of amides is 1. The molecule has 1 aliphatic heterocycles. The summed E-state index contributed by atoms with van der Waals surface area (Å²) in [5.74, 6) is 0. The summed E-state index contributed by atoms with van der Waals surface area (Å²) in [5, 5.41) is 0. The first-order valence-electron chi connectivity index (χ1n) is 8.26. The smallest absolute Gasteiger partial charge is 0.413 e. The lowest BCUT2D eigenvalue weighted by Gasteiger charge is -2.34. The Morgan fingerprint density at radius 1 is 1.35 bits per heavy atom. The Kier molecular flexibility index (Phi) is 6.32. The van der Waals surface area contributed by atoms with Crippen LogP contribution in [0.25, 0.3) is 0 Å². The van der Waals surface area contributed by atoms with Gasteiger partial charge in [0.25, 0.3) is 0 Å². The molecule has 1 atom stereocenters. The van der Waals surface area contributed by atoms with Crippen LogP contribution < -0.4 is 0 Å². The Hall–Kier alpha value is -1.01. The topological polar surface area (TPSA) is 48.0 Å². The number of nitrogens with zero attached hydrogens (tertiary/aromatic N) is 1. The molecule has 0 aromatic carbocycles. The Labute approximate surface area is 142 Å². The predicted octanol–water partition coefficient (Wildman–Crippen LogP) is 4.23. The van der Waals surface area contributed by atoms with Crippen LogP contribution in [0, 0.1) is 0 Å². The van der Waals surface area contributed by atoms with E-state index in [1.807, 2.05) is 40.7 Å². The van der Waals surface area contributed by atoms with Gasteiger partial charge in [0, 0.05) is 8.07 Å². The summed E-state index contributed by atoms with van der Waals surface area (Å²) < 4.78 is 16.8. The van der Waals surface area contributed by atoms with Crippen molar-refractivity contribution in [2.24, 2.45) is 0 Å². The molecular weight excluding hydrogens is 310 g/mol. The van der Waals surface area contributed by atoms with Gasteiger partial charge in [0.2, 0.25) is 0 Å². The van der Waals surface area contributed by atoms with Crippen molar-refractivity contribution < 1.29 is 19.0 Å². The van der Waals surface area contributed by atoms with Crippen LogP contribution in [0.5, 0.6) is 0 Å². The van der Waals surface area contributed by atoms with E-state index in [1.165, 1.54) is 0 Å². The van der Waals surface area contributed by atoms with Crippen LogP contribution in [-0.2, 0) is 14.2 Å². The van der Waals surface area contributed by atoms with E-state index in [0.29, 0.717) is 6.61 Å². The first kappa shape index (κ1) is 20.0. The molecule has 6 heteroatoms. The van der Waals surface area contributed by atoms with Gasteiger partial charge in [-0.25, -0.2) is 4.79 Å². The number of hydrogen-bond donors (Lipinski definition) is 0. The minimum absolute atomic E-state index is 0.174. The second kappa shape index (κ2) is 7.26. The quantitative estimate of drug-likeness (QED) is 0.426. The van der Waals surface area contributed by atoms with Crippen molar-refractivity contribution in [3.05, 3.63) is 12.3 Å². The third kappa shape index (κ3) is 6.95. The fraction of sp³-hybridized carbons (Fsp3) is 0.824. The maximum Gasteiger partial charge on any atom is 0.413 e. The second-order valence-electron chi connectivity index (χ2n) is 8.69. The van der Waals surface area contributed by atoms with Crippen LogP contribution >= 0.6 is 0 Å². The normalized spacial score (nSPS) is 21.7. The molecule has 1 heterocycles. The lowest BCUT2D eigenvalue weighted by Crippen LogP contribution is -2.49. The van der Waals surface area contributed by atoms with E-state index in [4.69, 9.17) is 14.2 Å². The fourth-order valence-electron chi connectivity index (χ4n) is 2.22. The van der Waals surface area contributed by atoms with Gasteiger partial charge in [-0.2, -0.15) is 0 Å². The molecular formula is C17H33NO4Si. The van der Waals surface area contributed by atoms with E-state index in [-0.39, 0.29) is 12.1 Å². The zero-order valence-electron chi connectivity index (χ0n) is 15.9. The molecule has 23 heavy (non-hydrogen) atoms. The minimum Gasteiger partial charge on any atom is -0.502 e. The Bertz CT molecular complexity index is 435. The molecule has 0 aliphatic carbocycles. The molecule has 0 aromatic rings. The van der Waals surface area contributed by atoms with Crippen molar-refractivity contribution in [2.45, 2.75) is 77.7 Å². The molecule has 0 N–H and O–H groups in total. The minimum atomic E-state index is -1.09. The number of carbonyl (C=O) groups is 1. The van der Waals surface area contributed by atoms with Gasteiger partial charge in [0.15, 0.2) is 0 Å². The molecule has 0 saturated carbocycles. The van der Waals surface area contributed by atoms with Crippen LogP contribution in [0.2, 0.25) is 25.7 Å². The molecule has 1 aliphatic rings. The number of hydrogen-bond acceptors (Lipinski definition) is 4. The maximum absolute atomic E-state index is 12.5. The van der Waals surface area contributed by atoms with E-state index in [2.05, 4.69) is 19.6 Å². The molecule has 0 bridgehead atoms. The first-order chi connectivity index (χ1) is 10.3. The van der Waals surface area contributed by atoms with Crippen LogP contribution in [0.4, 0.5) is 4.79 Å². The standard InChI is InChI=1S/C17H33NO4Si/c1-16(2,3)22-15(19)18-14(13-21-17(18,4)5)9-10-20-11-12-23(6,7)8/h9-10,14H,11-13H2,1-8H3/b10-9+. The lowest BCUT2D eigenvalue weighted by molar-refractivity contribution is -0.0610. The summed E-state index contributed by atoms with van der Waals surface area (Å²) in [7, 11) is -1.09. The monoisotopic (exact) mass is 343 g/mol. The zero-order valence-corrected chi connectivity index (χ0v) is 16.9. The first-order valence-corrected chi connectivity index (χ1v) is 12.0. The summed E-state index contributed by atoms with van der Waals surface area (Å²) in [6.07, 6.45) is 3.20. The van der Waals surface area contributed by atoms with Crippen LogP contribution in [0.1, 0.15) is 34.6 Å². The number of ether oxygens (including phenoxy) is 3. The third-order valence-electron chi connectivity index (χ3n) is 3.48. The molecule has 1 unspecified atom stereocenters. The Morgan fingerprint density at radius 2 is 1.96 bits per heavy atom. The van der Waals surface area contributed by atoms with Crippen molar-refractivity contribution in [1.29, 1.82) is 0 Å². The Morgan fingerprint density at radius 3 is 2.48 bits per heavy atom. The zero-order chi connectivity index (χ0) is 17.9. The summed E-state index contributed by atoms with van der Waals surface area (Å²) >= 11 is 0. The lowest BCUT2D eigenvalue weighted by atomic mass is 10.2. The molecule has 0 spiro atoms. The summed E-state index contributed by atoms with van der Waals surface area (Å²) in [6, 6.07) is 0.937. The summed E-state index contributed by atoms with van der Waals surface area (Å²) in [4.78, 5) is 14.1. The number of rotatable bonds is 5. The van der Waals surface area contributed by atoms with E-state index in [0.717, 1.165) is 12.7 Å². The van der Waals surface area contributed by atoms with Crippen molar-refractivity contribution in [3.8, 4) is 0 Å². The molecule has 1 amide bonds. The van der Waals surface area contributed by atoms with Gasteiger partial charge in [-0.05, 0) is 46.7 Å². The summed E-state index contributed by atoms with van der Waals surface area (Å²) in [5.41, 5.74) is -1.21. The third-order valence-corrected chi connectivity index (χ3v) is 5.18. The van der Waals surface area contributed by atoms with Crippen molar-refractivity contribution >= 4 is 14.2 Å². The molecule has 1 rings (SSSR count). The van der Waals surface area contributed by atoms with Crippen LogP contribution in [0.15, 0.2) is 12.3 Å². The largest absolute Gasteiger partial charge is 0.502 e. The van der Waals surface area contributed by atoms with E-state index in [9.17, 15) is 4.79 Å². The average molecular weight is 344 g/mol. The number of carbonyl (C=O) groups excluding carboxylic acids is 1. The van der Waals surface area contributed by atoms with Gasteiger partial charge in [-0.1, -0.05) is 19.6 Å². The maximum atomic E-state index is 12.5. The van der Waals surface area contributed by atoms with Crippen molar-refractivity contribution in [1.82, 2.24) is 4.90 Å². The summed E-state index contributed by atoms with van der Waals surface area (Å²) in [6.45, 7) is 17.4. The fourth-order valence-corrected chi connectivity index (χ4v) is 2.95. The highest BCUT2D eigenvalue weighted by atomic mass is 28.3. The van der Waals surface area contributed by atoms with Crippen molar-refractivity contribution in [3.63, 3.8) is 0 Å². The van der Waals surface area contributed by atoms with Gasteiger partial charge in [-0.3, -0.25) is 4.90 Å². The van der Waals surface area contributed by atoms with Crippen LogP contribution in [-0.4, -0.2) is 49.6 Å². The van der Waals surface area contributed by atoms with Crippen LogP contribution in [0.3, 0.4) is 0 Å². The van der Waals surface area contributed by atoms with Gasteiger partial charge in [-0.15, -0.1) is 0 Å². The highest BCUT2D eigenvalue weighted by Crippen LogP contribution is 2.30. The van der Waals surface area contributed by atoms with E-state index >= 15 is 0 Å². The van der Waals surface area contributed by atoms with Gasteiger partial charge in [0.1, 0.15) is 11.3 Å². The highest BCUT2D eigenvalue weighted by Gasteiger charge is 2.44. The molecule has 5 nitrogen and oxygen atoms in total. The molecule has 1 fully saturated rings. The predicted molar refractivity (Wildman–Crippen MR) is 95.1 cm³/mol. The second-order valence-corrected chi connectivity index (χ2v) is 14.3. The molecule has 1 saturated heterocycles. The van der Waals surface area contributed by atoms with E-state index in [1.54, 1.807) is 11.2 Å². The Balaban J connectivity index is 2.64. The molecule has 134 valence electrons. The molecule has 0 aromatic heterocycles. The van der Waals surface area contributed by atoms with E-state index < -0.39 is 19.4 Å². The van der Waals surface area contributed by atoms with Gasteiger partial charge < -0.3 is 14.2 Å². The molecule has 0 radical (unpaired) electrons. The highest BCUT2D eigenvalue weighted by molar-refractivity contribution is 6.76. The average Bonchev–Trinajstić information content (AvgIpc) is 2.60. The van der Waals surface area contributed by atoms with Gasteiger partial charge >= 0.3 is 6.09 Å². The van der Waals surface area contributed by atoms with Crippen molar-refractivity contribution in [2.75, 3.05) is 13.2 Å². The SMILES string of the molecule is CC(C)(C)OC(=O)N1C(/C=C/OCC[Si](C)(C)C)COC1(C)C.